The molecule has 0 aliphatic carbocycles. The van der Waals surface area contributed by atoms with E-state index in [1.807, 2.05) is 26.0 Å². The van der Waals surface area contributed by atoms with Gasteiger partial charge in [0.2, 0.25) is 0 Å². The summed E-state index contributed by atoms with van der Waals surface area (Å²) in [5, 5.41) is 11.0. The number of benzene rings is 1. The molecule has 0 saturated carbocycles. The number of hydrogen-bond donors (Lipinski definition) is 1. The van der Waals surface area contributed by atoms with Crippen molar-refractivity contribution in [2.24, 2.45) is 0 Å². The standard InChI is InChI=1S/C19H27FN2O3/c1-14(2)22-17(23)25-19(18(22,3)24)9-12-21(13-10-19)11-8-15-4-6-16(20)7-5-15/h4-7,14,24H,8-13H2,1-3H3. The number of halogens is 1. The minimum atomic E-state index is -1.29. The third kappa shape index (κ3) is 3.25. The van der Waals surface area contributed by atoms with Crippen molar-refractivity contribution in [3.05, 3.63) is 35.6 Å². The Hall–Kier alpha value is -1.66. The molecule has 1 N–H and O–H groups in total. The summed E-state index contributed by atoms with van der Waals surface area (Å²) in [6.07, 6.45) is 1.64. The van der Waals surface area contributed by atoms with Crippen LogP contribution in [0.15, 0.2) is 24.3 Å². The van der Waals surface area contributed by atoms with Gasteiger partial charge in [0, 0.05) is 38.5 Å². The van der Waals surface area contributed by atoms with Gasteiger partial charge >= 0.3 is 6.09 Å². The van der Waals surface area contributed by atoms with Crippen molar-refractivity contribution in [1.29, 1.82) is 0 Å². The van der Waals surface area contributed by atoms with Crippen LogP contribution in [0.3, 0.4) is 0 Å². The SMILES string of the molecule is CC(C)N1C(=O)OC2(CCN(CCc3ccc(F)cc3)CC2)C1(C)O. The first-order chi connectivity index (χ1) is 11.7. The Morgan fingerprint density at radius 2 is 1.84 bits per heavy atom. The van der Waals surface area contributed by atoms with E-state index in [4.69, 9.17) is 4.74 Å². The number of ether oxygens (including phenoxy) is 1. The third-order valence-corrected chi connectivity index (χ3v) is 5.62. The zero-order valence-electron chi connectivity index (χ0n) is 15.2. The van der Waals surface area contributed by atoms with E-state index in [-0.39, 0.29) is 11.9 Å². The molecular weight excluding hydrogens is 323 g/mol. The van der Waals surface area contributed by atoms with E-state index in [0.717, 1.165) is 31.6 Å². The van der Waals surface area contributed by atoms with Crippen LogP contribution in [0, 0.1) is 5.82 Å². The first-order valence-corrected chi connectivity index (χ1v) is 8.97. The van der Waals surface area contributed by atoms with Crippen LogP contribution in [-0.4, -0.2) is 58.0 Å². The van der Waals surface area contributed by atoms with Crippen molar-refractivity contribution >= 4 is 6.09 Å². The lowest BCUT2D eigenvalue weighted by Crippen LogP contribution is -2.61. The Morgan fingerprint density at radius 1 is 1.24 bits per heavy atom. The number of amides is 1. The molecule has 25 heavy (non-hydrogen) atoms. The molecule has 1 amide bonds. The van der Waals surface area contributed by atoms with Gasteiger partial charge < -0.3 is 14.7 Å². The van der Waals surface area contributed by atoms with Crippen LogP contribution < -0.4 is 0 Å². The van der Waals surface area contributed by atoms with E-state index in [2.05, 4.69) is 4.90 Å². The van der Waals surface area contributed by atoms with Crippen molar-refractivity contribution in [2.75, 3.05) is 19.6 Å². The maximum Gasteiger partial charge on any atom is 0.413 e. The number of hydrogen-bond acceptors (Lipinski definition) is 4. The predicted octanol–water partition coefficient (Wildman–Crippen LogP) is 2.77. The van der Waals surface area contributed by atoms with Gasteiger partial charge in [0.15, 0.2) is 11.3 Å². The molecule has 1 aromatic rings. The molecule has 138 valence electrons. The van der Waals surface area contributed by atoms with Crippen molar-refractivity contribution < 1.29 is 19.0 Å². The van der Waals surface area contributed by atoms with E-state index in [0.29, 0.717) is 12.8 Å². The molecule has 1 spiro atoms. The number of carbonyl (C=O) groups is 1. The van der Waals surface area contributed by atoms with E-state index >= 15 is 0 Å². The van der Waals surface area contributed by atoms with Crippen LogP contribution in [0.1, 0.15) is 39.2 Å². The first-order valence-electron chi connectivity index (χ1n) is 8.97. The maximum absolute atomic E-state index is 13.0. The molecule has 2 saturated heterocycles. The second kappa shape index (κ2) is 6.57. The topological polar surface area (TPSA) is 53.0 Å². The van der Waals surface area contributed by atoms with Gasteiger partial charge in [-0.2, -0.15) is 0 Å². The molecule has 1 atom stereocenters. The zero-order chi connectivity index (χ0) is 18.2. The van der Waals surface area contributed by atoms with E-state index in [1.165, 1.54) is 17.0 Å². The smallest absolute Gasteiger partial charge is 0.413 e. The normalized spacial score (nSPS) is 26.5. The van der Waals surface area contributed by atoms with Crippen LogP contribution in [0.4, 0.5) is 9.18 Å². The van der Waals surface area contributed by atoms with Crippen LogP contribution in [0.2, 0.25) is 0 Å². The van der Waals surface area contributed by atoms with Gasteiger partial charge in [0.05, 0.1) is 0 Å². The quantitative estimate of drug-likeness (QED) is 0.907. The summed E-state index contributed by atoms with van der Waals surface area (Å²) in [5.74, 6) is -0.219. The lowest BCUT2D eigenvalue weighted by Gasteiger charge is -2.45. The number of carbonyl (C=O) groups excluding carboxylic acids is 1. The van der Waals surface area contributed by atoms with Gasteiger partial charge in [-0.15, -0.1) is 0 Å². The molecule has 2 aliphatic heterocycles. The van der Waals surface area contributed by atoms with E-state index < -0.39 is 17.4 Å². The highest BCUT2D eigenvalue weighted by Crippen LogP contribution is 2.45. The molecule has 6 heteroatoms. The highest BCUT2D eigenvalue weighted by atomic mass is 19.1. The van der Waals surface area contributed by atoms with Crippen LogP contribution >= 0.6 is 0 Å². The molecule has 0 bridgehead atoms. The van der Waals surface area contributed by atoms with Crippen LogP contribution in [0.25, 0.3) is 0 Å². The molecule has 3 rings (SSSR count). The van der Waals surface area contributed by atoms with Crippen molar-refractivity contribution in [3.8, 4) is 0 Å². The first kappa shape index (κ1) is 18.1. The molecule has 0 aromatic heterocycles. The monoisotopic (exact) mass is 350 g/mol. The molecule has 2 heterocycles. The molecule has 0 radical (unpaired) electrons. The second-order valence-corrected chi connectivity index (χ2v) is 7.56. The van der Waals surface area contributed by atoms with Gasteiger partial charge in [-0.3, -0.25) is 4.90 Å². The molecule has 2 fully saturated rings. The number of piperidine rings is 1. The lowest BCUT2D eigenvalue weighted by atomic mass is 9.81. The maximum atomic E-state index is 13.0. The number of nitrogens with zero attached hydrogens (tertiary/aromatic N) is 2. The van der Waals surface area contributed by atoms with Gasteiger partial charge in [-0.25, -0.2) is 9.18 Å². The largest absolute Gasteiger partial charge is 0.437 e. The minimum absolute atomic E-state index is 0.113. The van der Waals surface area contributed by atoms with Crippen LogP contribution in [0.5, 0.6) is 0 Å². The summed E-state index contributed by atoms with van der Waals surface area (Å²) in [7, 11) is 0. The minimum Gasteiger partial charge on any atom is -0.437 e. The molecule has 1 aromatic carbocycles. The number of aliphatic hydroxyl groups is 1. The lowest BCUT2D eigenvalue weighted by molar-refractivity contribution is -0.170. The van der Waals surface area contributed by atoms with Gasteiger partial charge in [-0.05, 0) is 44.9 Å². The Kier molecular flexibility index (Phi) is 4.77. The molecule has 2 aliphatic rings. The highest BCUT2D eigenvalue weighted by Gasteiger charge is 2.63. The van der Waals surface area contributed by atoms with Crippen molar-refractivity contribution in [1.82, 2.24) is 9.80 Å². The van der Waals surface area contributed by atoms with Gasteiger partial charge in [-0.1, -0.05) is 12.1 Å². The summed E-state index contributed by atoms with van der Waals surface area (Å²) in [4.78, 5) is 16.0. The molecule has 5 nitrogen and oxygen atoms in total. The predicted molar refractivity (Wildman–Crippen MR) is 92.6 cm³/mol. The zero-order valence-corrected chi connectivity index (χ0v) is 15.2. The Bertz CT molecular complexity index is 622. The van der Waals surface area contributed by atoms with Gasteiger partial charge in [0.25, 0.3) is 0 Å². The Labute approximate surface area is 148 Å². The molecule has 1 unspecified atom stereocenters. The average molecular weight is 350 g/mol. The fourth-order valence-corrected chi connectivity index (χ4v) is 4.08. The van der Waals surface area contributed by atoms with Crippen molar-refractivity contribution in [3.63, 3.8) is 0 Å². The second-order valence-electron chi connectivity index (χ2n) is 7.56. The van der Waals surface area contributed by atoms with Crippen molar-refractivity contribution in [2.45, 2.75) is 57.4 Å². The van der Waals surface area contributed by atoms with Crippen LogP contribution in [-0.2, 0) is 11.2 Å². The van der Waals surface area contributed by atoms with E-state index in [9.17, 15) is 14.3 Å². The average Bonchev–Trinajstić information content (AvgIpc) is 2.74. The fourth-order valence-electron chi connectivity index (χ4n) is 4.08. The summed E-state index contributed by atoms with van der Waals surface area (Å²) < 4.78 is 18.6. The summed E-state index contributed by atoms with van der Waals surface area (Å²) >= 11 is 0. The number of rotatable bonds is 4. The summed E-state index contributed by atoms with van der Waals surface area (Å²) in [5.41, 5.74) is -1.02. The van der Waals surface area contributed by atoms with E-state index in [1.54, 1.807) is 6.92 Å². The fraction of sp³-hybridized carbons (Fsp3) is 0.632. The highest BCUT2D eigenvalue weighted by molar-refractivity contribution is 5.72. The Balaban J connectivity index is 1.59. The number of likely N-dealkylation sites (tertiary alicyclic amines) is 1. The summed E-state index contributed by atoms with van der Waals surface area (Å²) in [6.45, 7) is 7.84. The molecular formula is C19H27FN2O3. The summed E-state index contributed by atoms with van der Waals surface area (Å²) in [6, 6.07) is 6.47. The van der Waals surface area contributed by atoms with Gasteiger partial charge in [0.1, 0.15) is 5.82 Å². The Morgan fingerprint density at radius 3 is 2.36 bits per heavy atom. The third-order valence-electron chi connectivity index (χ3n) is 5.62.